The highest BCUT2D eigenvalue weighted by Crippen LogP contribution is 2.24. The average Bonchev–Trinajstić information content (AvgIpc) is 2.50. The number of alkyl halides is 3. The minimum absolute atomic E-state index is 0.937. The molecular weight excluding hydrogens is 193 g/mol. The Morgan fingerprint density at radius 2 is 2.00 bits per heavy atom. The van der Waals surface area contributed by atoms with Crippen molar-refractivity contribution >= 4 is 5.97 Å². The largest absolute Gasteiger partial charge is 0.476 e. The number of aromatic carboxylic acids is 1. The number of hydrogen-bond donors (Lipinski definition) is 1. The minimum Gasteiger partial charge on any atom is -0.476 e. The van der Waals surface area contributed by atoms with E-state index in [2.05, 4.69) is 14.9 Å². The van der Waals surface area contributed by atoms with Gasteiger partial charge in [-0.2, -0.15) is 0 Å². The van der Waals surface area contributed by atoms with Gasteiger partial charge in [-0.25, -0.2) is 22.6 Å². The Morgan fingerprint density at radius 1 is 1.38 bits per heavy atom. The third-order valence-electron chi connectivity index (χ3n) is 1.20. The molecule has 0 radical (unpaired) electrons. The molecule has 0 bridgehead atoms. The lowest BCUT2D eigenvalue weighted by molar-refractivity contribution is 0.0441. The number of rotatable bonds is 3. The fourth-order valence-electron chi connectivity index (χ4n) is 0.644. The second kappa shape index (κ2) is 3.42. The summed E-state index contributed by atoms with van der Waals surface area (Å²) in [4.78, 5) is 10.2. The van der Waals surface area contributed by atoms with Crippen LogP contribution in [0.25, 0.3) is 0 Å². The van der Waals surface area contributed by atoms with Gasteiger partial charge in [0.2, 0.25) is 11.9 Å². The Bertz CT molecular complexity index is 314. The molecule has 0 saturated carbocycles. The van der Waals surface area contributed by atoms with E-state index < -0.39 is 30.0 Å². The molecule has 0 aromatic carbocycles. The van der Waals surface area contributed by atoms with E-state index in [1.54, 1.807) is 0 Å². The zero-order valence-electron chi connectivity index (χ0n) is 5.95. The molecule has 0 amide bonds. The number of carboxylic acid groups (broad SMARTS) is 1. The lowest BCUT2D eigenvalue weighted by atomic mass is 10.2. The summed E-state index contributed by atoms with van der Waals surface area (Å²) < 4.78 is 39.9. The van der Waals surface area contributed by atoms with E-state index in [-0.39, 0.29) is 0 Å². The summed E-state index contributed by atoms with van der Waals surface area (Å²) in [6, 6.07) is 0. The molecule has 5 nitrogen and oxygen atoms in total. The van der Waals surface area contributed by atoms with Crippen LogP contribution in [0.3, 0.4) is 0 Å². The van der Waals surface area contributed by atoms with Gasteiger partial charge in [0.05, 0.1) is 0 Å². The van der Waals surface area contributed by atoms with Crippen molar-refractivity contribution in [1.29, 1.82) is 0 Å². The first-order valence-corrected chi connectivity index (χ1v) is 3.02. The van der Waals surface area contributed by atoms with Crippen molar-refractivity contribution in [3.05, 3.63) is 11.4 Å². The lowest BCUT2D eigenvalue weighted by Crippen LogP contribution is -2.09. The third kappa shape index (κ3) is 1.76. The molecule has 0 spiro atoms. The third-order valence-corrected chi connectivity index (χ3v) is 1.20. The average molecular weight is 196 g/mol. The van der Waals surface area contributed by atoms with Crippen LogP contribution in [0.4, 0.5) is 13.2 Å². The van der Waals surface area contributed by atoms with Crippen molar-refractivity contribution in [2.24, 2.45) is 0 Å². The standard InChI is InChI=1S/C5H3F3N2O3/c6-1(4(7)8)2-3(5(11)12)10-13-9-2/h1,4H,(H,11,12). The number of hydrogen-bond acceptors (Lipinski definition) is 4. The maximum atomic E-state index is 12.5. The molecule has 1 rings (SSSR count). The number of aromatic nitrogens is 2. The van der Waals surface area contributed by atoms with E-state index in [4.69, 9.17) is 5.11 Å². The molecule has 1 aromatic rings. The molecule has 0 saturated heterocycles. The van der Waals surface area contributed by atoms with Crippen LogP contribution in [0.15, 0.2) is 4.63 Å². The van der Waals surface area contributed by atoms with Crippen LogP contribution >= 0.6 is 0 Å². The van der Waals surface area contributed by atoms with Crippen LogP contribution in [-0.4, -0.2) is 27.8 Å². The first-order chi connectivity index (χ1) is 6.04. The summed E-state index contributed by atoms with van der Waals surface area (Å²) in [5.74, 6) is -1.67. The summed E-state index contributed by atoms with van der Waals surface area (Å²) >= 11 is 0. The van der Waals surface area contributed by atoms with Crippen molar-refractivity contribution < 1.29 is 27.7 Å². The van der Waals surface area contributed by atoms with Gasteiger partial charge in [-0.1, -0.05) is 5.16 Å². The molecule has 72 valence electrons. The quantitative estimate of drug-likeness (QED) is 0.781. The summed E-state index contributed by atoms with van der Waals surface area (Å²) in [7, 11) is 0. The molecule has 13 heavy (non-hydrogen) atoms. The van der Waals surface area contributed by atoms with Gasteiger partial charge in [0.15, 0.2) is 5.69 Å². The molecule has 1 heterocycles. The Balaban J connectivity index is 3.00. The molecule has 1 unspecified atom stereocenters. The maximum absolute atomic E-state index is 12.5. The van der Waals surface area contributed by atoms with Gasteiger partial charge in [0.25, 0.3) is 6.43 Å². The van der Waals surface area contributed by atoms with Gasteiger partial charge >= 0.3 is 5.97 Å². The predicted octanol–water partition coefficient (Wildman–Crippen LogP) is 1.04. The smallest absolute Gasteiger partial charge is 0.360 e. The monoisotopic (exact) mass is 196 g/mol. The van der Waals surface area contributed by atoms with E-state index >= 15 is 0 Å². The molecular formula is C5H3F3N2O3. The number of nitrogens with zero attached hydrogens (tertiary/aromatic N) is 2. The van der Waals surface area contributed by atoms with Gasteiger partial charge in [-0.15, -0.1) is 0 Å². The first kappa shape index (κ1) is 9.49. The molecule has 8 heteroatoms. The highest BCUT2D eigenvalue weighted by molar-refractivity contribution is 5.86. The minimum atomic E-state index is -3.36. The molecule has 1 aromatic heterocycles. The summed E-state index contributed by atoms with van der Waals surface area (Å²) in [6.45, 7) is 0. The van der Waals surface area contributed by atoms with Crippen molar-refractivity contribution in [1.82, 2.24) is 10.3 Å². The van der Waals surface area contributed by atoms with Crippen LogP contribution in [-0.2, 0) is 0 Å². The normalized spacial score (nSPS) is 13.2. The lowest BCUT2D eigenvalue weighted by Gasteiger charge is -2.01. The van der Waals surface area contributed by atoms with Crippen LogP contribution in [0.5, 0.6) is 0 Å². The summed E-state index contributed by atoms with van der Waals surface area (Å²) in [5, 5.41) is 13.8. The molecule has 1 N–H and O–H groups in total. The van der Waals surface area contributed by atoms with Crippen LogP contribution in [0.1, 0.15) is 22.4 Å². The fraction of sp³-hybridized carbons (Fsp3) is 0.400. The Kier molecular flexibility index (Phi) is 2.49. The van der Waals surface area contributed by atoms with Crippen molar-refractivity contribution in [2.75, 3.05) is 0 Å². The SMILES string of the molecule is O=C(O)c1nonc1C(F)C(F)F. The Morgan fingerprint density at radius 3 is 2.46 bits per heavy atom. The van der Waals surface area contributed by atoms with Gasteiger partial charge in [0.1, 0.15) is 0 Å². The molecule has 0 aliphatic rings. The fourth-order valence-corrected chi connectivity index (χ4v) is 0.644. The first-order valence-electron chi connectivity index (χ1n) is 3.02. The van der Waals surface area contributed by atoms with E-state index in [0.29, 0.717) is 0 Å². The second-order valence-electron chi connectivity index (χ2n) is 2.04. The van der Waals surface area contributed by atoms with Gasteiger partial charge in [0, 0.05) is 0 Å². The van der Waals surface area contributed by atoms with Gasteiger partial charge in [-0.05, 0) is 5.16 Å². The van der Waals surface area contributed by atoms with Gasteiger partial charge in [-0.3, -0.25) is 0 Å². The van der Waals surface area contributed by atoms with Crippen LogP contribution in [0, 0.1) is 0 Å². The number of carbonyl (C=O) groups is 1. The summed E-state index contributed by atoms with van der Waals surface area (Å²) in [5.41, 5.74) is -1.93. The van der Waals surface area contributed by atoms with E-state index in [1.807, 2.05) is 0 Å². The van der Waals surface area contributed by atoms with Crippen molar-refractivity contribution in [2.45, 2.75) is 12.6 Å². The molecule has 0 fully saturated rings. The topological polar surface area (TPSA) is 76.2 Å². The van der Waals surface area contributed by atoms with E-state index in [1.165, 1.54) is 0 Å². The zero-order chi connectivity index (χ0) is 10.0. The van der Waals surface area contributed by atoms with E-state index in [0.717, 1.165) is 0 Å². The molecule has 0 aliphatic heterocycles. The predicted molar refractivity (Wildman–Crippen MR) is 31.1 cm³/mol. The molecule has 1 atom stereocenters. The zero-order valence-corrected chi connectivity index (χ0v) is 5.95. The van der Waals surface area contributed by atoms with Crippen molar-refractivity contribution in [3.63, 3.8) is 0 Å². The maximum Gasteiger partial charge on any atom is 0.360 e. The summed E-state index contributed by atoms with van der Waals surface area (Å²) in [6.07, 6.45) is -6.15. The Labute approximate surface area is 69.1 Å². The van der Waals surface area contributed by atoms with Gasteiger partial charge < -0.3 is 5.11 Å². The number of halogens is 3. The second-order valence-corrected chi connectivity index (χ2v) is 2.04. The highest BCUT2D eigenvalue weighted by Gasteiger charge is 2.31. The Hall–Kier alpha value is -1.60. The highest BCUT2D eigenvalue weighted by atomic mass is 19.3. The van der Waals surface area contributed by atoms with Crippen molar-refractivity contribution in [3.8, 4) is 0 Å². The van der Waals surface area contributed by atoms with Crippen LogP contribution in [0.2, 0.25) is 0 Å². The number of carboxylic acids is 1. The van der Waals surface area contributed by atoms with E-state index in [9.17, 15) is 18.0 Å². The van der Waals surface area contributed by atoms with Crippen LogP contribution < -0.4 is 0 Å². The molecule has 0 aliphatic carbocycles.